The van der Waals surface area contributed by atoms with Gasteiger partial charge in [-0.1, -0.05) is 35.2 Å². The standard InChI is InChI=1S/C13H15N5O3S2/c1-7(10(19)16-11(14)20)22-13-18-17-12(23-13)15-8-5-3-4-6-9(8)21-2/h3-7H,1-2H3,(H,15,17)(H3,14,16,19,20)/t7-/m0/s1. The fourth-order valence-electron chi connectivity index (χ4n) is 1.60. The van der Waals surface area contributed by atoms with Gasteiger partial charge in [-0.05, 0) is 19.1 Å². The number of nitrogens with zero attached hydrogens (tertiary/aromatic N) is 2. The predicted molar refractivity (Wildman–Crippen MR) is 89.2 cm³/mol. The van der Waals surface area contributed by atoms with Crippen molar-refractivity contribution in [2.75, 3.05) is 12.4 Å². The number of rotatable bonds is 6. The largest absolute Gasteiger partial charge is 0.495 e. The third-order valence-electron chi connectivity index (χ3n) is 2.65. The second-order valence-corrected chi connectivity index (χ2v) is 6.88. The first-order chi connectivity index (χ1) is 11.0. The lowest BCUT2D eigenvalue weighted by Crippen LogP contribution is -2.39. The number of ether oxygens (including phenoxy) is 1. The van der Waals surface area contributed by atoms with Crippen molar-refractivity contribution >= 4 is 45.9 Å². The number of aromatic nitrogens is 2. The highest BCUT2D eigenvalue weighted by Gasteiger charge is 2.18. The number of nitrogens with one attached hydrogen (secondary N) is 2. The summed E-state index contributed by atoms with van der Waals surface area (Å²) in [5, 5.41) is 13.2. The van der Waals surface area contributed by atoms with Crippen LogP contribution in [0.3, 0.4) is 0 Å². The van der Waals surface area contributed by atoms with Gasteiger partial charge in [0.1, 0.15) is 5.75 Å². The first-order valence-electron chi connectivity index (χ1n) is 6.50. The Kier molecular flexibility index (Phi) is 5.77. The molecule has 0 fully saturated rings. The third kappa shape index (κ3) is 4.83. The van der Waals surface area contributed by atoms with E-state index in [4.69, 9.17) is 10.5 Å². The average molecular weight is 353 g/mol. The number of anilines is 2. The summed E-state index contributed by atoms with van der Waals surface area (Å²) in [6.45, 7) is 1.65. The average Bonchev–Trinajstić information content (AvgIpc) is 2.94. The van der Waals surface area contributed by atoms with E-state index in [9.17, 15) is 9.59 Å². The molecule has 0 aliphatic heterocycles. The maximum Gasteiger partial charge on any atom is 0.318 e. The van der Waals surface area contributed by atoms with Gasteiger partial charge < -0.3 is 15.8 Å². The monoisotopic (exact) mass is 353 g/mol. The summed E-state index contributed by atoms with van der Waals surface area (Å²) in [6.07, 6.45) is 0. The molecule has 1 aromatic heterocycles. The second kappa shape index (κ2) is 7.79. The normalized spacial score (nSPS) is 11.6. The summed E-state index contributed by atoms with van der Waals surface area (Å²) < 4.78 is 5.84. The van der Waals surface area contributed by atoms with Gasteiger partial charge in [0.15, 0.2) is 4.34 Å². The van der Waals surface area contributed by atoms with Crippen LogP contribution in [0.4, 0.5) is 15.6 Å². The van der Waals surface area contributed by atoms with E-state index in [-0.39, 0.29) is 0 Å². The van der Waals surface area contributed by atoms with Gasteiger partial charge in [-0.25, -0.2) is 4.79 Å². The van der Waals surface area contributed by atoms with E-state index in [2.05, 4.69) is 15.5 Å². The van der Waals surface area contributed by atoms with Gasteiger partial charge in [0.25, 0.3) is 0 Å². The maximum absolute atomic E-state index is 11.6. The van der Waals surface area contributed by atoms with Gasteiger partial charge in [-0.3, -0.25) is 10.1 Å². The van der Waals surface area contributed by atoms with E-state index >= 15 is 0 Å². The molecule has 23 heavy (non-hydrogen) atoms. The lowest BCUT2D eigenvalue weighted by atomic mass is 10.3. The Hall–Kier alpha value is -2.33. The molecule has 1 heterocycles. The number of primary amides is 1. The molecule has 1 aromatic carbocycles. The number of para-hydroxylation sites is 2. The molecule has 2 rings (SSSR count). The topological polar surface area (TPSA) is 119 Å². The minimum Gasteiger partial charge on any atom is -0.495 e. The Morgan fingerprint density at radius 2 is 2.09 bits per heavy atom. The Balaban J connectivity index is 2.00. The molecule has 4 N–H and O–H groups in total. The molecule has 0 saturated carbocycles. The van der Waals surface area contributed by atoms with Crippen molar-refractivity contribution in [2.24, 2.45) is 5.73 Å². The summed E-state index contributed by atoms with van der Waals surface area (Å²) in [5.74, 6) is 0.211. The molecule has 0 spiro atoms. The van der Waals surface area contributed by atoms with Gasteiger partial charge in [0.05, 0.1) is 18.0 Å². The van der Waals surface area contributed by atoms with Crippen molar-refractivity contribution in [1.82, 2.24) is 15.5 Å². The van der Waals surface area contributed by atoms with Crippen LogP contribution in [-0.4, -0.2) is 34.5 Å². The van der Waals surface area contributed by atoms with Crippen molar-refractivity contribution in [3.05, 3.63) is 24.3 Å². The Morgan fingerprint density at radius 1 is 1.35 bits per heavy atom. The minimum atomic E-state index is -0.877. The molecule has 122 valence electrons. The van der Waals surface area contributed by atoms with Crippen LogP contribution in [0.2, 0.25) is 0 Å². The van der Waals surface area contributed by atoms with Gasteiger partial charge in [0.2, 0.25) is 11.0 Å². The van der Waals surface area contributed by atoms with Crippen LogP contribution in [0.15, 0.2) is 28.6 Å². The number of hydrogen-bond acceptors (Lipinski definition) is 8. The molecule has 1 atom stereocenters. The van der Waals surface area contributed by atoms with Crippen LogP contribution < -0.4 is 21.1 Å². The zero-order valence-electron chi connectivity index (χ0n) is 12.4. The summed E-state index contributed by atoms with van der Waals surface area (Å²) in [6, 6.07) is 6.55. The fourth-order valence-corrected chi connectivity index (χ4v) is 3.51. The first kappa shape index (κ1) is 17.0. The van der Waals surface area contributed by atoms with Gasteiger partial charge in [-0.2, -0.15) is 0 Å². The van der Waals surface area contributed by atoms with Crippen LogP contribution in [0, 0.1) is 0 Å². The van der Waals surface area contributed by atoms with E-state index in [0.717, 1.165) is 5.69 Å². The third-order valence-corrected chi connectivity index (χ3v) is 4.67. The number of thioether (sulfide) groups is 1. The SMILES string of the molecule is COc1ccccc1Nc1nnc(S[C@@H](C)C(=O)NC(N)=O)s1. The van der Waals surface area contributed by atoms with Crippen LogP contribution in [0.1, 0.15) is 6.92 Å². The fraction of sp³-hybridized carbons (Fsp3) is 0.231. The van der Waals surface area contributed by atoms with Crippen LogP contribution in [-0.2, 0) is 4.79 Å². The molecular formula is C13H15N5O3S2. The van der Waals surface area contributed by atoms with E-state index in [1.807, 2.05) is 29.6 Å². The Labute approximate surface area is 140 Å². The van der Waals surface area contributed by atoms with Gasteiger partial charge in [-0.15, -0.1) is 10.2 Å². The van der Waals surface area contributed by atoms with Crippen molar-refractivity contribution in [2.45, 2.75) is 16.5 Å². The van der Waals surface area contributed by atoms with E-state index in [0.29, 0.717) is 15.2 Å². The molecule has 0 aliphatic rings. The lowest BCUT2D eigenvalue weighted by Gasteiger charge is -2.08. The van der Waals surface area contributed by atoms with E-state index in [1.165, 1.54) is 23.1 Å². The van der Waals surface area contributed by atoms with E-state index < -0.39 is 17.2 Å². The summed E-state index contributed by atoms with van der Waals surface area (Å²) in [4.78, 5) is 22.3. The van der Waals surface area contributed by atoms with Crippen LogP contribution in [0.25, 0.3) is 0 Å². The second-order valence-electron chi connectivity index (χ2n) is 4.31. The number of methoxy groups -OCH3 is 1. The van der Waals surface area contributed by atoms with Gasteiger partial charge >= 0.3 is 6.03 Å². The van der Waals surface area contributed by atoms with E-state index in [1.54, 1.807) is 14.0 Å². The van der Waals surface area contributed by atoms with Crippen molar-refractivity contribution in [1.29, 1.82) is 0 Å². The van der Waals surface area contributed by atoms with Crippen molar-refractivity contribution in [3.63, 3.8) is 0 Å². The number of benzene rings is 1. The molecule has 3 amide bonds. The smallest absolute Gasteiger partial charge is 0.318 e. The zero-order valence-corrected chi connectivity index (χ0v) is 14.0. The Bertz CT molecular complexity index is 706. The van der Waals surface area contributed by atoms with Crippen LogP contribution in [0.5, 0.6) is 5.75 Å². The molecule has 0 bridgehead atoms. The number of imide groups is 1. The maximum atomic E-state index is 11.6. The molecule has 0 saturated heterocycles. The summed E-state index contributed by atoms with van der Waals surface area (Å²) >= 11 is 2.48. The molecule has 2 aromatic rings. The highest BCUT2D eigenvalue weighted by molar-refractivity contribution is 8.02. The lowest BCUT2D eigenvalue weighted by molar-refractivity contribution is -0.119. The molecule has 0 radical (unpaired) electrons. The molecule has 0 aliphatic carbocycles. The molecular weight excluding hydrogens is 338 g/mol. The quantitative estimate of drug-likeness (QED) is 0.679. The molecule has 8 nitrogen and oxygen atoms in total. The Morgan fingerprint density at radius 3 is 2.78 bits per heavy atom. The number of carbonyl (C=O) groups is 2. The van der Waals surface area contributed by atoms with Crippen molar-refractivity contribution < 1.29 is 14.3 Å². The number of urea groups is 1. The number of nitrogens with two attached hydrogens (primary N) is 1. The molecule has 0 unspecified atom stereocenters. The highest BCUT2D eigenvalue weighted by Crippen LogP contribution is 2.32. The van der Waals surface area contributed by atoms with Gasteiger partial charge in [0, 0.05) is 0 Å². The number of carbonyl (C=O) groups excluding carboxylic acids is 2. The summed E-state index contributed by atoms with van der Waals surface area (Å²) in [5.41, 5.74) is 5.68. The highest BCUT2D eigenvalue weighted by atomic mass is 32.2. The first-order valence-corrected chi connectivity index (χ1v) is 8.19. The molecule has 10 heteroatoms. The minimum absolute atomic E-state index is 0.475. The summed E-state index contributed by atoms with van der Waals surface area (Å²) in [7, 11) is 1.58. The zero-order chi connectivity index (χ0) is 16.8. The predicted octanol–water partition coefficient (Wildman–Crippen LogP) is 1.97. The number of amides is 3. The van der Waals surface area contributed by atoms with Crippen LogP contribution >= 0.6 is 23.1 Å². The van der Waals surface area contributed by atoms with Crippen molar-refractivity contribution in [3.8, 4) is 5.75 Å². The number of hydrogen-bond donors (Lipinski definition) is 3.